The fraction of sp³-hybridized carbons (Fsp3) is 0.438. The first kappa shape index (κ1) is 13.5. The largest absolute Gasteiger partial charge is 0.256 e. The Bertz CT molecular complexity index is 498. The van der Waals surface area contributed by atoms with Crippen LogP contribution in [-0.4, -0.2) is 4.98 Å². The molecule has 0 atom stereocenters. The fourth-order valence-corrected chi connectivity index (χ4v) is 3.08. The molecular formula is C16H20BrN. The van der Waals surface area contributed by atoms with Gasteiger partial charge in [0, 0.05) is 10.7 Å². The number of hydrogen-bond donors (Lipinski definition) is 0. The average Bonchev–Trinajstić information content (AvgIpc) is 2.30. The van der Waals surface area contributed by atoms with Crippen molar-refractivity contribution in [3.05, 3.63) is 45.7 Å². The molecule has 0 N–H and O–H groups in total. The highest BCUT2D eigenvalue weighted by Gasteiger charge is 2.26. The van der Waals surface area contributed by atoms with Crippen LogP contribution in [0.3, 0.4) is 0 Å². The zero-order chi connectivity index (χ0) is 13.2. The maximum absolute atomic E-state index is 4.38. The van der Waals surface area contributed by atoms with Crippen LogP contribution < -0.4 is 0 Å². The number of pyridine rings is 1. The number of hydrogen-bond acceptors (Lipinski definition) is 1. The van der Waals surface area contributed by atoms with E-state index in [4.69, 9.17) is 0 Å². The minimum absolute atomic E-state index is 0.292. The van der Waals surface area contributed by atoms with E-state index in [1.54, 1.807) is 0 Å². The van der Waals surface area contributed by atoms with Crippen molar-refractivity contribution in [2.45, 2.75) is 40.0 Å². The minimum atomic E-state index is 0.292. The first-order valence-electron chi connectivity index (χ1n) is 6.49. The lowest BCUT2D eigenvalue weighted by Crippen LogP contribution is -2.18. The van der Waals surface area contributed by atoms with E-state index in [1.165, 1.54) is 30.4 Å². The summed E-state index contributed by atoms with van der Waals surface area (Å²) in [4.78, 5) is 4.38. The van der Waals surface area contributed by atoms with Gasteiger partial charge in [0.05, 0.1) is 5.69 Å². The minimum Gasteiger partial charge on any atom is -0.256 e. The summed E-state index contributed by atoms with van der Waals surface area (Å²) in [7, 11) is 0. The third-order valence-corrected chi connectivity index (χ3v) is 4.41. The summed E-state index contributed by atoms with van der Waals surface area (Å²) in [6.07, 6.45) is 10.0. The van der Waals surface area contributed by atoms with Crippen LogP contribution in [0.5, 0.6) is 0 Å². The van der Waals surface area contributed by atoms with Crippen LogP contribution in [0.15, 0.2) is 40.0 Å². The molecule has 1 aliphatic carbocycles. The molecule has 0 spiro atoms. The predicted molar refractivity (Wildman–Crippen MR) is 81.3 cm³/mol. The molecule has 0 saturated carbocycles. The van der Waals surface area contributed by atoms with Gasteiger partial charge in [0.2, 0.25) is 0 Å². The summed E-state index contributed by atoms with van der Waals surface area (Å²) in [5.41, 5.74) is 4.29. The van der Waals surface area contributed by atoms with Crippen molar-refractivity contribution in [3.8, 4) is 0 Å². The first-order chi connectivity index (χ1) is 8.50. The van der Waals surface area contributed by atoms with Crippen molar-refractivity contribution < 1.29 is 0 Å². The molecule has 0 aliphatic heterocycles. The molecule has 0 amide bonds. The van der Waals surface area contributed by atoms with Gasteiger partial charge in [-0.15, -0.1) is 0 Å². The van der Waals surface area contributed by atoms with Crippen LogP contribution >= 0.6 is 15.9 Å². The summed E-state index contributed by atoms with van der Waals surface area (Å²) < 4.78 is 1.05. The topological polar surface area (TPSA) is 12.9 Å². The van der Waals surface area contributed by atoms with Gasteiger partial charge in [0.15, 0.2) is 0 Å². The van der Waals surface area contributed by atoms with Gasteiger partial charge in [0.25, 0.3) is 0 Å². The van der Waals surface area contributed by atoms with Gasteiger partial charge in [-0.25, -0.2) is 0 Å². The smallest absolute Gasteiger partial charge is 0.0771 e. The Morgan fingerprint density at radius 3 is 2.78 bits per heavy atom. The Kier molecular flexibility index (Phi) is 4.06. The van der Waals surface area contributed by atoms with Crippen molar-refractivity contribution in [3.63, 3.8) is 0 Å². The van der Waals surface area contributed by atoms with Crippen molar-refractivity contribution in [1.82, 2.24) is 4.98 Å². The van der Waals surface area contributed by atoms with E-state index in [-0.39, 0.29) is 0 Å². The molecule has 1 aliphatic rings. The lowest BCUT2D eigenvalue weighted by Gasteiger charge is -2.32. The molecule has 96 valence electrons. The van der Waals surface area contributed by atoms with Gasteiger partial charge in [-0.2, -0.15) is 0 Å². The summed E-state index contributed by atoms with van der Waals surface area (Å²) in [6, 6.07) is 3.97. The molecule has 2 rings (SSSR count). The maximum Gasteiger partial charge on any atom is 0.0771 e. The van der Waals surface area contributed by atoms with Crippen LogP contribution in [0.1, 0.15) is 45.7 Å². The van der Waals surface area contributed by atoms with Crippen LogP contribution in [0.2, 0.25) is 0 Å². The Morgan fingerprint density at radius 2 is 2.11 bits per heavy atom. The molecule has 1 heterocycles. The van der Waals surface area contributed by atoms with Crippen LogP contribution in [0.4, 0.5) is 0 Å². The third kappa shape index (κ3) is 2.92. The highest BCUT2D eigenvalue weighted by atomic mass is 79.9. The van der Waals surface area contributed by atoms with E-state index in [0.29, 0.717) is 5.41 Å². The monoisotopic (exact) mass is 305 g/mol. The number of aromatic nitrogens is 1. The molecule has 1 nitrogen and oxygen atoms in total. The molecule has 2 heteroatoms. The summed E-state index contributed by atoms with van der Waals surface area (Å²) in [6.45, 7) is 6.93. The van der Waals surface area contributed by atoms with E-state index in [2.05, 4.69) is 53.8 Å². The van der Waals surface area contributed by atoms with Crippen molar-refractivity contribution in [1.29, 1.82) is 0 Å². The second-order valence-electron chi connectivity index (χ2n) is 5.64. The van der Waals surface area contributed by atoms with Crippen molar-refractivity contribution >= 4 is 22.0 Å². The number of halogens is 1. The lowest BCUT2D eigenvalue weighted by molar-refractivity contribution is 0.377. The van der Waals surface area contributed by atoms with Gasteiger partial charge in [-0.1, -0.05) is 25.5 Å². The molecule has 0 radical (unpaired) electrons. The fourth-order valence-electron chi connectivity index (χ4n) is 2.69. The Balaban J connectivity index is 2.31. The Hall–Kier alpha value is -0.890. The van der Waals surface area contributed by atoms with Crippen LogP contribution in [-0.2, 0) is 0 Å². The molecule has 0 aromatic carbocycles. The average molecular weight is 306 g/mol. The molecule has 18 heavy (non-hydrogen) atoms. The Labute approximate surface area is 118 Å². The van der Waals surface area contributed by atoms with Gasteiger partial charge >= 0.3 is 0 Å². The maximum atomic E-state index is 4.38. The van der Waals surface area contributed by atoms with E-state index in [9.17, 15) is 0 Å². The van der Waals surface area contributed by atoms with Crippen LogP contribution in [0, 0.1) is 5.41 Å². The first-order valence-corrected chi connectivity index (χ1v) is 7.29. The normalized spacial score (nSPS) is 19.6. The quantitative estimate of drug-likeness (QED) is 0.714. The SMILES string of the molecule is CC1=C(/C=C/c2ncccc2Br)C(C)(C)CCC1. The van der Waals surface area contributed by atoms with E-state index in [0.717, 1.165) is 10.2 Å². The summed E-state index contributed by atoms with van der Waals surface area (Å²) >= 11 is 3.54. The summed E-state index contributed by atoms with van der Waals surface area (Å²) in [5.74, 6) is 0. The van der Waals surface area contributed by atoms with Gasteiger partial charge in [-0.05, 0) is 71.3 Å². The molecule has 0 unspecified atom stereocenters. The van der Waals surface area contributed by atoms with Crippen molar-refractivity contribution in [2.75, 3.05) is 0 Å². The number of allylic oxidation sites excluding steroid dienone is 3. The van der Waals surface area contributed by atoms with E-state index in [1.807, 2.05) is 18.3 Å². The lowest BCUT2D eigenvalue weighted by atomic mass is 9.72. The van der Waals surface area contributed by atoms with Gasteiger partial charge < -0.3 is 0 Å². The van der Waals surface area contributed by atoms with Gasteiger partial charge in [-0.3, -0.25) is 4.98 Å². The second-order valence-corrected chi connectivity index (χ2v) is 6.49. The molecule has 1 aromatic heterocycles. The molecule has 0 fully saturated rings. The highest BCUT2D eigenvalue weighted by molar-refractivity contribution is 9.10. The van der Waals surface area contributed by atoms with E-state index >= 15 is 0 Å². The summed E-state index contributed by atoms with van der Waals surface area (Å²) in [5, 5.41) is 0. The number of nitrogens with zero attached hydrogens (tertiary/aromatic N) is 1. The highest BCUT2D eigenvalue weighted by Crippen LogP contribution is 2.41. The standard InChI is InChI=1S/C16H20BrN/c1-12-6-4-10-16(2,3)13(12)8-9-15-14(17)7-5-11-18-15/h5,7-9,11H,4,6,10H2,1-3H3/b9-8+. The van der Waals surface area contributed by atoms with Crippen molar-refractivity contribution in [2.24, 2.45) is 5.41 Å². The Morgan fingerprint density at radius 1 is 1.33 bits per heavy atom. The van der Waals surface area contributed by atoms with Gasteiger partial charge in [0.1, 0.15) is 0 Å². The zero-order valence-electron chi connectivity index (χ0n) is 11.3. The second kappa shape index (κ2) is 5.40. The molecule has 0 saturated heterocycles. The number of rotatable bonds is 2. The molecule has 0 bridgehead atoms. The zero-order valence-corrected chi connectivity index (χ0v) is 12.9. The third-order valence-electron chi connectivity index (χ3n) is 3.74. The van der Waals surface area contributed by atoms with Crippen LogP contribution in [0.25, 0.3) is 6.08 Å². The van der Waals surface area contributed by atoms with E-state index < -0.39 is 0 Å². The molecule has 1 aromatic rings. The molecular weight excluding hydrogens is 286 g/mol. The predicted octanol–water partition coefficient (Wildman–Crippen LogP) is 5.38.